The van der Waals surface area contributed by atoms with Crippen molar-refractivity contribution in [3.8, 4) is 0 Å². The fourth-order valence-electron chi connectivity index (χ4n) is 3.81. The summed E-state index contributed by atoms with van der Waals surface area (Å²) in [4.78, 5) is 15.0. The van der Waals surface area contributed by atoms with Crippen molar-refractivity contribution in [2.75, 3.05) is 13.1 Å². The van der Waals surface area contributed by atoms with Crippen molar-refractivity contribution in [1.82, 2.24) is 24.5 Å². The molecule has 1 aliphatic heterocycles. The topological polar surface area (TPSA) is 56.0 Å². The number of hydrogen-bond donors (Lipinski definition) is 0. The summed E-state index contributed by atoms with van der Waals surface area (Å²) in [6, 6.07) is 10.2. The van der Waals surface area contributed by atoms with E-state index in [9.17, 15) is 4.79 Å². The molecule has 6 nitrogen and oxygen atoms in total. The van der Waals surface area contributed by atoms with E-state index in [0.717, 1.165) is 31.6 Å². The SMILES string of the molecule is Cc1c(C(=O)N2CCC(c3cnn(C)c3)CC2)cnn1Cc1ccccc1. The van der Waals surface area contributed by atoms with E-state index in [-0.39, 0.29) is 5.91 Å². The summed E-state index contributed by atoms with van der Waals surface area (Å²) >= 11 is 0. The van der Waals surface area contributed by atoms with Crippen molar-refractivity contribution in [2.24, 2.45) is 7.05 Å². The lowest BCUT2D eigenvalue weighted by molar-refractivity contribution is 0.0712. The van der Waals surface area contributed by atoms with Crippen molar-refractivity contribution >= 4 is 5.91 Å². The Kier molecular flexibility index (Phi) is 4.79. The van der Waals surface area contributed by atoms with Gasteiger partial charge in [-0.15, -0.1) is 0 Å². The van der Waals surface area contributed by atoms with E-state index in [1.54, 1.807) is 6.20 Å². The smallest absolute Gasteiger partial charge is 0.257 e. The second-order valence-corrected chi connectivity index (χ2v) is 7.30. The minimum atomic E-state index is 0.0939. The number of hydrogen-bond acceptors (Lipinski definition) is 3. The zero-order valence-corrected chi connectivity index (χ0v) is 15.9. The molecular weight excluding hydrogens is 338 g/mol. The van der Waals surface area contributed by atoms with E-state index >= 15 is 0 Å². The van der Waals surface area contributed by atoms with Crippen molar-refractivity contribution in [3.63, 3.8) is 0 Å². The first-order valence-electron chi connectivity index (χ1n) is 9.46. The average Bonchev–Trinajstić information content (AvgIpc) is 3.29. The Labute approximate surface area is 159 Å². The number of aryl methyl sites for hydroxylation is 1. The molecular formula is C21H25N5O. The maximum atomic E-state index is 13.0. The van der Waals surface area contributed by atoms with E-state index in [1.165, 1.54) is 11.1 Å². The molecule has 2 aromatic heterocycles. The van der Waals surface area contributed by atoms with E-state index < -0.39 is 0 Å². The number of carbonyl (C=O) groups excluding carboxylic acids is 1. The highest BCUT2D eigenvalue weighted by Crippen LogP contribution is 2.28. The molecule has 0 spiro atoms. The van der Waals surface area contributed by atoms with Gasteiger partial charge in [-0.05, 0) is 36.8 Å². The van der Waals surface area contributed by atoms with Gasteiger partial charge in [-0.1, -0.05) is 30.3 Å². The summed E-state index contributed by atoms with van der Waals surface area (Å²) < 4.78 is 3.75. The molecule has 3 aromatic rings. The Morgan fingerprint density at radius 3 is 2.52 bits per heavy atom. The molecule has 0 unspecified atom stereocenters. The minimum absolute atomic E-state index is 0.0939. The number of rotatable bonds is 4. The maximum absolute atomic E-state index is 13.0. The second-order valence-electron chi connectivity index (χ2n) is 7.30. The summed E-state index contributed by atoms with van der Waals surface area (Å²) in [6.45, 7) is 4.22. The molecule has 1 aliphatic rings. The number of nitrogens with zero attached hydrogens (tertiary/aromatic N) is 5. The molecule has 4 rings (SSSR count). The number of amides is 1. The van der Waals surface area contributed by atoms with E-state index in [1.807, 2.05) is 52.6 Å². The van der Waals surface area contributed by atoms with Gasteiger partial charge in [-0.3, -0.25) is 14.2 Å². The zero-order valence-electron chi connectivity index (χ0n) is 15.9. The molecule has 6 heteroatoms. The van der Waals surface area contributed by atoms with Gasteiger partial charge in [0, 0.05) is 32.0 Å². The first kappa shape index (κ1) is 17.5. The normalized spacial score (nSPS) is 15.3. The Morgan fingerprint density at radius 2 is 1.85 bits per heavy atom. The fraction of sp³-hybridized carbons (Fsp3) is 0.381. The molecule has 0 N–H and O–H groups in total. The molecule has 0 bridgehead atoms. The fourth-order valence-corrected chi connectivity index (χ4v) is 3.81. The van der Waals surface area contributed by atoms with Crippen LogP contribution in [0.4, 0.5) is 0 Å². The monoisotopic (exact) mass is 363 g/mol. The van der Waals surface area contributed by atoms with Crippen molar-refractivity contribution in [1.29, 1.82) is 0 Å². The molecule has 1 aromatic carbocycles. The van der Waals surface area contributed by atoms with Gasteiger partial charge in [0.1, 0.15) is 0 Å². The Balaban J connectivity index is 1.41. The molecule has 3 heterocycles. The van der Waals surface area contributed by atoms with Crippen LogP contribution in [0.5, 0.6) is 0 Å². The lowest BCUT2D eigenvalue weighted by Gasteiger charge is -2.31. The predicted molar refractivity (Wildman–Crippen MR) is 104 cm³/mol. The van der Waals surface area contributed by atoms with E-state index in [2.05, 4.69) is 28.5 Å². The van der Waals surface area contributed by atoms with Gasteiger partial charge in [-0.25, -0.2) is 0 Å². The molecule has 1 fully saturated rings. The van der Waals surface area contributed by atoms with Crippen molar-refractivity contribution < 1.29 is 4.79 Å². The third-order valence-corrected chi connectivity index (χ3v) is 5.49. The highest BCUT2D eigenvalue weighted by molar-refractivity contribution is 5.95. The number of likely N-dealkylation sites (tertiary alicyclic amines) is 1. The molecule has 1 amide bonds. The van der Waals surface area contributed by atoms with Crippen LogP contribution in [0.25, 0.3) is 0 Å². The number of benzene rings is 1. The summed E-state index contributed by atoms with van der Waals surface area (Å²) in [7, 11) is 1.94. The number of carbonyl (C=O) groups is 1. The van der Waals surface area contributed by atoms with Crippen molar-refractivity contribution in [2.45, 2.75) is 32.2 Å². The van der Waals surface area contributed by atoms with Crippen LogP contribution < -0.4 is 0 Å². The van der Waals surface area contributed by atoms with Gasteiger partial charge in [0.05, 0.1) is 24.5 Å². The van der Waals surface area contributed by atoms with Crippen LogP contribution in [0, 0.1) is 6.92 Å². The predicted octanol–water partition coefficient (Wildman–Crippen LogP) is 2.99. The van der Waals surface area contributed by atoms with Crippen LogP contribution in [0.2, 0.25) is 0 Å². The van der Waals surface area contributed by atoms with Gasteiger partial charge in [0.15, 0.2) is 0 Å². The zero-order chi connectivity index (χ0) is 18.8. The van der Waals surface area contributed by atoms with Crippen LogP contribution in [0.3, 0.4) is 0 Å². The largest absolute Gasteiger partial charge is 0.338 e. The third kappa shape index (κ3) is 3.65. The highest BCUT2D eigenvalue weighted by atomic mass is 16.2. The van der Waals surface area contributed by atoms with Crippen LogP contribution in [0.1, 0.15) is 45.9 Å². The van der Waals surface area contributed by atoms with Crippen LogP contribution in [-0.2, 0) is 13.6 Å². The van der Waals surface area contributed by atoms with Gasteiger partial charge in [-0.2, -0.15) is 10.2 Å². The molecule has 27 heavy (non-hydrogen) atoms. The van der Waals surface area contributed by atoms with Crippen LogP contribution >= 0.6 is 0 Å². The highest BCUT2D eigenvalue weighted by Gasteiger charge is 2.27. The molecule has 0 saturated carbocycles. The number of piperidine rings is 1. The summed E-state index contributed by atoms with van der Waals surface area (Å²) in [5.74, 6) is 0.584. The summed E-state index contributed by atoms with van der Waals surface area (Å²) in [5, 5.41) is 8.72. The van der Waals surface area contributed by atoms with Crippen molar-refractivity contribution in [3.05, 3.63) is 71.3 Å². The van der Waals surface area contributed by atoms with Gasteiger partial charge >= 0.3 is 0 Å². The molecule has 140 valence electrons. The Bertz CT molecular complexity index is 919. The lowest BCUT2D eigenvalue weighted by atomic mass is 9.91. The summed E-state index contributed by atoms with van der Waals surface area (Å²) in [6.07, 6.45) is 7.71. The second kappa shape index (κ2) is 7.39. The Morgan fingerprint density at radius 1 is 1.11 bits per heavy atom. The first-order valence-corrected chi connectivity index (χ1v) is 9.46. The van der Waals surface area contributed by atoms with E-state index in [0.29, 0.717) is 18.0 Å². The van der Waals surface area contributed by atoms with Gasteiger partial charge in [0.2, 0.25) is 0 Å². The maximum Gasteiger partial charge on any atom is 0.257 e. The minimum Gasteiger partial charge on any atom is -0.338 e. The molecule has 0 aliphatic carbocycles. The lowest BCUT2D eigenvalue weighted by Crippen LogP contribution is -2.38. The quantitative estimate of drug-likeness (QED) is 0.716. The molecule has 1 saturated heterocycles. The van der Waals surface area contributed by atoms with Gasteiger partial charge < -0.3 is 4.90 Å². The van der Waals surface area contributed by atoms with Gasteiger partial charge in [0.25, 0.3) is 5.91 Å². The summed E-state index contributed by atoms with van der Waals surface area (Å²) in [5.41, 5.74) is 4.10. The van der Waals surface area contributed by atoms with Crippen LogP contribution in [-0.4, -0.2) is 43.5 Å². The Hall–Kier alpha value is -2.89. The molecule has 0 atom stereocenters. The van der Waals surface area contributed by atoms with Crippen LogP contribution in [0.15, 0.2) is 48.9 Å². The number of aromatic nitrogens is 4. The average molecular weight is 363 g/mol. The third-order valence-electron chi connectivity index (χ3n) is 5.49. The standard InChI is InChI=1S/C21H25N5O/c1-16-20(13-23-26(16)14-17-6-4-3-5-7-17)21(27)25-10-8-18(9-11-25)19-12-22-24(2)15-19/h3-7,12-13,15,18H,8-11,14H2,1-2H3. The first-order chi connectivity index (χ1) is 13.1. The van der Waals surface area contributed by atoms with E-state index in [4.69, 9.17) is 0 Å². The molecule has 0 radical (unpaired) electrons.